The summed E-state index contributed by atoms with van der Waals surface area (Å²) in [5, 5.41) is 7.69. The molecule has 0 spiro atoms. The van der Waals surface area contributed by atoms with Gasteiger partial charge < -0.3 is 29.9 Å². The van der Waals surface area contributed by atoms with Gasteiger partial charge in [0.25, 0.3) is 17.7 Å². The summed E-state index contributed by atoms with van der Waals surface area (Å²) in [4.78, 5) is 39.7. The fraction of sp³-hybridized carbons (Fsp3) is 0.483. The number of likely N-dealkylation sites (tertiary alicyclic amines) is 1. The molecule has 2 fully saturated rings. The van der Waals surface area contributed by atoms with Crippen LogP contribution in [0.2, 0.25) is 0 Å². The van der Waals surface area contributed by atoms with E-state index in [-0.39, 0.29) is 35.3 Å². The van der Waals surface area contributed by atoms with Crippen LogP contribution in [0.3, 0.4) is 0 Å². The Hall–Kier alpha value is -3.36. The van der Waals surface area contributed by atoms with Crippen LogP contribution in [0.25, 0.3) is 0 Å². The van der Waals surface area contributed by atoms with Gasteiger partial charge in [-0.3, -0.25) is 14.4 Å². The molecular formula is C29H40N4O6P+. The molecule has 2 unspecified atom stereocenters. The average Bonchev–Trinajstić information content (AvgIpc) is 3.68. The van der Waals surface area contributed by atoms with E-state index in [0.717, 1.165) is 32.2 Å². The van der Waals surface area contributed by atoms with Crippen molar-refractivity contribution in [3.8, 4) is 11.5 Å². The minimum atomic E-state index is -3.98. The van der Waals surface area contributed by atoms with E-state index in [2.05, 4.69) is 10.6 Å². The Bertz CT molecular complexity index is 1140. The molecule has 2 aliphatic rings. The van der Waals surface area contributed by atoms with Gasteiger partial charge in [-0.1, -0.05) is 13.8 Å². The van der Waals surface area contributed by atoms with Crippen LogP contribution < -0.4 is 25.0 Å². The van der Waals surface area contributed by atoms with E-state index in [4.69, 9.17) is 9.05 Å². The summed E-state index contributed by atoms with van der Waals surface area (Å²) in [6.45, 7) is 6.48. The number of amides is 3. The van der Waals surface area contributed by atoms with E-state index in [1.54, 1.807) is 53.4 Å². The van der Waals surface area contributed by atoms with Gasteiger partial charge in [-0.25, -0.2) is 4.57 Å². The first-order chi connectivity index (χ1) is 19.3. The summed E-state index contributed by atoms with van der Waals surface area (Å²) in [5.41, 5.74) is 0.922. The topological polar surface area (TPSA) is 131 Å². The predicted molar refractivity (Wildman–Crippen MR) is 152 cm³/mol. The predicted octanol–water partition coefficient (Wildman–Crippen LogP) is 3.29. The molecule has 216 valence electrons. The lowest BCUT2D eigenvalue weighted by Crippen LogP contribution is -2.89. The van der Waals surface area contributed by atoms with Gasteiger partial charge in [0.1, 0.15) is 11.5 Å². The Morgan fingerprint density at radius 3 is 1.82 bits per heavy atom. The number of quaternary nitrogens is 1. The minimum Gasteiger partial charge on any atom is -0.415 e. The molecule has 4 rings (SSSR count). The lowest BCUT2D eigenvalue weighted by molar-refractivity contribution is -0.658. The number of nitrogens with two attached hydrogens (primary N) is 1. The first-order valence-corrected chi connectivity index (χ1v) is 15.8. The molecule has 0 radical (unpaired) electrons. The third-order valence-corrected chi connectivity index (χ3v) is 9.32. The Balaban J connectivity index is 1.58. The van der Waals surface area contributed by atoms with Gasteiger partial charge in [0, 0.05) is 43.6 Å². The summed E-state index contributed by atoms with van der Waals surface area (Å²) in [5.74, 6) is -0.643. The number of benzene rings is 2. The summed E-state index contributed by atoms with van der Waals surface area (Å²) in [6, 6.07) is 12.6. The van der Waals surface area contributed by atoms with Crippen molar-refractivity contribution in [2.45, 2.75) is 64.2 Å². The summed E-state index contributed by atoms with van der Waals surface area (Å²) < 4.78 is 26.8. The standard InChI is InChI=1S/C29H39N4O6P/c1-3-17-31-27(34)21-9-13-23(14-10-21)38-40(37,26-8-6-20-33(26)29(36)25-7-5-19-30-25)39-24-15-11-22(12-16-24)28(35)32-18-4-2/h9-16,25-26,30H,3-8,17-20H2,1-2H3,(H,31,34)(H,32,35)/p+1. The van der Waals surface area contributed by atoms with E-state index >= 15 is 0 Å². The molecular weight excluding hydrogens is 531 g/mol. The summed E-state index contributed by atoms with van der Waals surface area (Å²) in [7, 11) is -3.98. The SMILES string of the molecule is CCCNC(=O)c1ccc(OP(=O)(Oc2ccc(C(=O)NCCC)cc2)C2CCCN2C(=O)C2CCC[NH2+]2)cc1. The van der Waals surface area contributed by atoms with Crippen molar-refractivity contribution in [3.05, 3.63) is 59.7 Å². The maximum atomic E-state index is 14.6. The molecule has 0 aliphatic carbocycles. The van der Waals surface area contributed by atoms with E-state index in [1.165, 1.54) is 0 Å². The van der Waals surface area contributed by atoms with Crippen LogP contribution in [-0.4, -0.2) is 60.6 Å². The zero-order chi connectivity index (χ0) is 28.5. The number of hydrogen-bond acceptors (Lipinski definition) is 6. The van der Waals surface area contributed by atoms with Gasteiger partial charge in [-0.2, -0.15) is 0 Å². The van der Waals surface area contributed by atoms with Crippen LogP contribution >= 0.6 is 7.60 Å². The zero-order valence-electron chi connectivity index (χ0n) is 23.3. The van der Waals surface area contributed by atoms with Crippen LogP contribution in [0.5, 0.6) is 11.5 Å². The highest BCUT2D eigenvalue weighted by Crippen LogP contribution is 2.57. The second-order valence-electron chi connectivity index (χ2n) is 10.2. The highest BCUT2D eigenvalue weighted by atomic mass is 31.2. The van der Waals surface area contributed by atoms with Crippen molar-refractivity contribution in [2.75, 3.05) is 26.2 Å². The van der Waals surface area contributed by atoms with Gasteiger partial charge >= 0.3 is 7.60 Å². The van der Waals surface area contributed by atoms with Crippen molar-refractivity contribution in [1.29, 1.82) is 0 Å². The zero-order valence-corrected chi connectivity index (χ0v) is 24.2. The van der Waals surface area contributed by atoms with E-state index in [9.17, 15) is 18.9 Å². The Kier molecular flexibility index (Phi) is 10.2. The molecule has 2 atom stereocenters. The fourth-order valence-corrected chi connectivity index (χ4v) is 7.18. The molecule has 2 aromatic carbocycles. The number of hydrogen-bond donors (Lipinski definition) is 3. The lowest BCUT2D eigenvalue weighted by atomic mass is 10.2. The average molecular weight is 572 g/mol. The maximum Gasteiger partial charge on any atom is 0.453 e. The summed E-state index contributed by atoms with van der Waals surface area (Å²) in [6.07, 6.45) is 4.57. The number of nitrogens with one attached hydrogen (secondary N) is 2. The molecule has 0 aromatic heterocycles. The quantitative estimate of drug-likeness (QED) is 0.335. The van der Waals surface area contributed by atoms with Crippen LogP contribution in [0, 0.1) is 0 Å². The molecule has 2 saturated heterocycles. The number of carbonyl (C=O) groups excluding carboxylic acids is 3. The van der Waals surface area contributed by atoms with Crippen LogP contribution in [0.4, 0.5) is 0 Å². The molecule has 0 bridgehead atoms. The van der Waals surface area contributed by atoms with Gasteiger partial charge in [0.15, 0.2) is 11.8 Å². The smallest absolute Gasteiger partial charge is 0.415 e. The second-order valence-corrected chi connectivity index (χ2v) is 12.3. The van der Waals surface area contributed by atoms with Crippen LogP contribution in [0.1, 0.15) is 73.1 Å². The van der Waals surface area contributed by atoms with E-state index in [1.807, 2.05) is 19.2 Å². The van der Waals surface area contributed by atoms with Crippen LogP contribution in [-0.2, 0) is 9.36 Å². The third kappa shape index (κ3) is 7.23. The molecule has 2 aromatic rings. The monoisotopic (exact) mass is 571 g/mol. The molecule has 3 amide bonds. The van der Waals surface area contributed by atoms with Gasteiger partial charge in [-0.05, 0) is 74.2 Å². The molecule has 0 saturated carbocycles. The Morgan fingerprint density at radius 1 is 0.850 bits per heavy atom. The van der Waals surface area contributed by atoms with Crippen LogP contribution in [0.15, 0.2) is 48.5 Å². The first-order valence-electron chi connectivity index (χ1n) is 14.2. The Morgan fingerprint density at radius 2 is 1.38 bits per heavy atom. The second kappa shape index (κ2) is 13.8. The molecule has 40 heavy (non-hydrogen) atoms. The molecule has 4 N–H and O–H groups in total. The van der Waals surface area contributed by atoms with Gasteiger partial charge in [0.05, 0.1) is 6.54 Å². The molecule has 2 heterocycles. The largest absolute Gasteiger partial charge is 0.453 e. The third-order valence-electron chi connectivity index (χ3n) is 7.13. The lowest BCUT2D eigenvalue weighted by Gasteiger charge is -2.31. The van der Waals surface area contributed by atoms with E-state index in [0.29, 0.717) is 43.6 Å². The number of nitrogens with zero attached hydrogens (tertiary/aromatic N) is 1. The van der Waals surface area contributed by atoms with Crippen molar-refractivity contribution in [3.63, 3.8) is 0 Å². The number of rotatable bonds is 12. The minimum absolute atomic E-state index is 0.0432. The van der Waals surface area contributed by atoms with Crippen molar-refractivity contribution in [1.82, 2.24) is 15.5 Å². The normalized spacial score (nSPS) is 18.8. The highest BCUT2D eigenvalue weighted by Gasteiger charge is 2.49. The van der Waals surface area contributed by atoms with Crippen molar-refractivity contribution >= 4 is 25.3 Å². The molecule has 2 aliphatic heterocycles. The van der Waals surface area contributed by atoms with E-state index < -0.39 is 13.4 Å². The first kappa shape index (κ1) is 29.6. The van der Waals surface area contributed by atoms with Gasteiger partial charge in [0.2, 0.25) is 0 Å². The molecule has 10 nitrogen and oxygen atoms in total. The Labute approximate surface area is 235 Å². The van der Waals surface area contributed by atoms with Gasteiger partial charge in [-0.15, -0.1) is 0 Å². The highest BCUT2D eigenvalue weighted by molar-refractivity contribution is 7.55. The number of carbonyl (C=O) groups is 3. The van der Waals surface area contributed by atoms with Crippen molar-refractivity contribution < 1.29 is 33.3 Å². The fourth-order valence-electron chi connectivity index (χ4n) is 5.00. The maximum absolute atomic E-state index is 14.6. The van der Waals surface area contributed by atoms with Crippen molar-refractivity contribution in [2.24, 2.45) is 0 Å². The summed E-state index contributed by atoms with van der Waals surface area (Å²) >= 11 is 0. The molecule has 11 heteroatoms.